The van der Waals surface area contributed by atoms with Gasteiger partial charge >= 0.3 is 0 Å². The van der Waals surface area contributed by atoms with Crippen LogP contribution in [0.2, 0.25) is 0 Å². The Labute approximate surface area is 150 Å². The highest BCUT2D eigenvalue weighted by Crippen LogP contribution is 2.15. The number of aromatic nitrogens is 3. The average molecular weight is 353 g/mol. The zero-order valence-corrected chi connectivity index (χ0v) is 14.8. The highest BCUT2D eigenvalue weighted by Gasteiger charge is 2.20. The van der Waals surface area contributed by atoms with Crippen LogP contribution >= 0.6 is 0 Å². The first kappa shape index (κ1) is 17.4. The van der Waals surface area contributed by atoms with E-state index in [0.717, 1.165) is 5.69 Å². The van der Waals surface area contributed by atoms with E-state index in [2.05, 4.69) is 15.6 Å². The molecule has 1 aromatic carbocycles. The number of hydrogen-bond donors (Lipinski definition) is 1. The Morgan fingerprint density at radius 3 is 2.62 bits per heavy atom. The lowest BCUT2D eigenvalue weighted by atomic mass is 10.2. The smallest absolute Gasteiger partial charge is 0.257 e. The van der Waals surface area contributed by atoms with Gasteiger partial charge in [-0.15, -0.1) is 0 Å². The summed E-state index contributed by atoms with van der Waals surface area (Å²) >= 11 is 0. The molecule has 0 unspecified atom stereocenters. The van der Waals surface area contributed by atoms with Gasteiger partial charge in [0.25, 0.3) is 5.91 Å². The number of carbonyl (C=O) groups is 2. The van der Waals surface area contributed by atoms with Crippen LogP contribution in [-0.4, -0.2) is 45.2 Å². The summed E-state index contributed by atoms with van der Waals surface area (Å²) in [6.45, 7) is 3.44. The summed E-state index contributed by atoms with van der Waals surface area (Å²) < 4.78 is 6.59. The van der Waals surface area contributed by atoms with Crippen LogP contribution in [0, 0.1) is 13.8 Å². The number of likely N-dealkylation sites (N-methyl/N-ethyl adjacent to an activating group) is 1. The van der Waals surface area contributed by atoms with Crippen molar-refractivity contribution >= 4 is 17.6 Å². The number of carbonyl (C=O) groups excluding carboxylic acids is 2. The molecule has 134 valence electrons. The fourth-order valence-corrected chi connectivity index (χ4v) is 2.55. The summed E-state index contributed by atoms with van der Waals surface area (Å²) in [5.41, 5.74) is 2.02. The van der Waals surface area contributed by atoms with Gasteiger partial charge < -0.3 is 14.7 Å². The molecular formula is C18H19N5O3. The third kappa shape index (κ3) is 3.64. The molecule has 0 aliphatic heterocycles. The summed E-state index contributed by atoms with van der Waals surface area (Å²) in [7, 11) is 1.56. The largest absolute Gasteiger partial charge is 0.360 e. The van der Waals surface area contributed by atoms with Crippen LogP contribution in [0.3, 0.4) is 0 Å². The van der Waals surface area contributed by atoms with Gasteiger partial charge in [0.1, 0.15) is 5.76 Å². The monoisotopic (exact) mass is 353 g/mol. The van der Waals surface area contributed by atoms with Gasteiger partial charge in [0, 0.05) is 13.1 Å². The van der Waals surface area contributed by atoms with Gasteiger partial charge in [-0.1, -0.05) is 23.4 Å². The van der Waals surface area contributed by atoms with Crippen LogP contribution in [0.25, 0.3) is 5.69 Å². The first-order chi connectivity index (χ1) is 12.5. The molecule has 0 saturated carbocycles. The molecule has 0 bridgehead atoms. The fourth-order valence-electron chi connectivity index (χ4n) is 2.55. The second kappa shape index (κ2) is 7.22. The van der Waals surface area contributed by atoms with Gasteiger partial charge in [0.15, 0.2) is 5.82 Å². The molecule has 0 aliphatic carbocycles. The van der Waals surface area contributed by atoms with Crippen LogP contribution in [0.5, 0.6) is 0 Å². The highest BCUT2D eigenvalue weighted by atomic mass is 16.5. The summed E-state index contributed by atoms with van der Waals surface area (Å²) in [6.07, 6.45) is 1.51. The van der Waals surface area contributed by atoms with Crippen molar-refractivity contribution in [1.29, 1.82) is 0 Å². The van der Waals surface area contributed by atoms with E-state index >= 15 is 0 Å². The van der Waals surface area contributed by atoms with Gasteiger partial charge in [-0.2, -0.15) is 5.10 Å². The maximum absolute atomic E-state index is 12.7. The molecule has 8 heteroatoms. The van der Waals surface area contributed by atoms with Crippen molar-refractivity contribution in [3.63, 3.8) is 0 Å². The van der Waals surface area contributed by atoms with Crippen LogP contribution in [-0.2, 0) is 4.79 Å². The first-order valence-electron chi connectivity index (χ1n) is 8.04. The molecule has 1 N–H and O–H groups in total. The zero-order chi connectivity index (χ0) is 18.7. The number of hydrogen-bond acceptors (Lipinski definition) is 5. The Balaban J connectivity index is 1.69. The third-order valence-corrected chi connectivity index (χ3v) is 3.86. The molecule has 0 saturated heterocycles. The maximum Gasteiger partial charge on any atom is 0.257 e. The minimum absolute atomic E-state index is 0.110. The van der Waals surface area contributed by atoms with E-state index in [9.17, 15) is 9.59 Å². The van der Waals surface area contributed by atoms with E-state index in [4.69, 9.17) is 4.52 Å². The van der Waals surface area contributed by atoms with E-state index in [1.54, 1.807) is 24.7 Å². The number of rotatable bonds is 5. The Morgan fingerprint density at radius 2 is 1.96 bits per heavy atom. The second-order valence-corrected chi connectivity index (χ2v) is 5.92. The molecule has 3 aromatic rings. The summed E-state index contributed by atoms with van der Waals surface area (Å²) in [5.74, 6) is 0.272. The average Bonchev–Trinajstić information content (AvgIpc) is 3.20. The molecule has 0 radical (unpaired) electrons. The number of nitrogens with one attached hydrogen (secondary N) is 1. The Kier molecular flexibility index (Phi) is 4.83. The van der Waals surface area contributed by atoms with Crippen molar-refractivity contribution < 1.29 is 14.1 Å². The highest BCUT2D eigenvalue weighted by molar-refractivity contribution is 5.99. The molecule has 0 fully saturated rings. The summed E-state index contributed by atoms with van der Waals surface area (Å²) in [4.78, 5) is 26.1. The topological polar surface area (TPSA) is 93.3 Å². The predicted octanol–water partition coefficient (Wildman–Crippen LogP) is 2.19. The van der Waals surface area contributed by atoms with Crippen LogP contribution in [0.15, 0.2) is 47.1 Å². The van der Waals surface area contributed by atoms with Crippen LogP contribution in [0.1, 0.15) is 21.8 Å². The lowest BCUT2D eigenvalue weighted by Crippen LogP contribution is -2.35. The van der Waals surface area contributed by atoms with Crippen molar-refractivity contribution in [3.05, 3.63) is 59.6 Å². The van der Waals surface area contributed by atoms with Crippen molar-refractivity contribution in [2.75, 3.05) is 18.9 Å². The normalized spacial score (nSPS) is 10.6. The minimum atomic E-state index is -0.359. The molecule has 3 rings (SSSR count). The van der Waals surface area contributed by atoms with Gasteiger partial charge in [0.2, 0.25) is 5.91 Å². The first-order valence-corrected chi connectivity index (χ1v) is 8.04. The van der Waals surface area contributed by atoms with Crippen molar-refractivity contribution in [2.45, 2.75) is 13.8 Å². The molecule has 0 spiro atoms. The van der Waals surface area contributed by atoms with Gasteiger partial charge in [-0.3, -0.25) is 9.59 Å². The molecule has 0 atom stereocenters. The van der Waals surface area contributed by atoms with E-state index in [0.29, 0.717) is 22.8 Å². The number of nitrogens with zero attached hydrogens (tertiary/aromatic N) is 4. The number of para-hydroxylation sites is 1. The van der Waals surface area contributed by atoms with Crippen molar-refractivity contribution in [3.8, 4) is 5.69 Å². The Bertz CT molecular complexity index is 929. The minimum Gasteiger partial charge on any atom is -0.360 e. The fraction of sp³-hybridized carbons (Fsp3) is 0.222. The standard InChI is InChI=1S/C18H19N5O3/c1-12-9-16(21-26-12)20-17(24)11-22(3)18(25)15-10-19-23(13(15)2)14-7-5-4-6-8-14/h4-10H,11H2,1-3H3,(H,20,21,24). The number of benzene rings is 1. The van der Waals surface area contributed by atoms with E-state index < -0.39 is 0 Å². The molecule has 2 aromatic heterocycles. The van der Waals surface area contributed by atoms with Gasteiger partial charge in [-0.05, 0) is 26.0 Å². The van der Waals surface area contributed by atoms with Crippen LogP contribution < -0.4 is 5.32 Å². The third-order valence-electron chi connectivity index (χ3n) is 3.86. The van der Waals surface area contributed by atoms with E-state index in [1.807, 2.05) is 37.3 Å². The van der Waals surface area contributed by atoms with E-state index in [-0.39, 0.29) is 18.4 Å². The quantitative estimate of drug-likeness (QED) is 0.759. The van der Waals surface area contributed by atoms with Gasteiger partial charge in [-0.25, -0.2) is 4.68 Å². The van der Waals surface area contributed by atoms with E-state index in [1.165, 1.54) is 11.1 Å². The Morgan fingerprint density at radius 1 is 1.23 bits per heavy atom. The molecule has 8 nitrogen and oxygen atoms in total. The molecular weight excluding hydrogens is 334 g/mol. The van der Waals surface area contributed by atoms with Gasteiger partial charge in [0.05, 0.1) is 29.7 Å². The number of amides is 2. The lowest BCUT2D eigenvalue weighted by molar-refractivity contribution is -0.116. The zero-order valence-electron chi connectivity index (χ0n) is 14.8. The van der Waals surface area contributed by atoms with Crippen molar-refractivity contribution in [1.82, 2.24) is 19.8 Å². The van der Waals surface area contributed by atoms with Crippen molar-refractivity contribution in [2.24, 2.45) is 0 Å². The number of anilines is 1. The van der Waals surface area contributed by atoms with Crippen LogP contribution in [0.4, 0.5) is 5.82 Å². The lowest BCUT2D eigenvalue weighted by Gasteiger charge is -2.16. The maximum atomic E-state index is 12.7. The second-order valence-electron chi connectivity index (χ2n) is 5.92. The molecule has 26 heavy (non-hydrogen) atoms. The summed E-state index contributed by atoms with van der Waals surface area (Å²) in [6, 6.07) is 11.1. The molecule has 2 amide bonds. The SMILES string of the molecule is Cc1cc(NC(=O)CN(C)C(=O)c2cnn(-c3ccccc3)c2C)no1. The molecule has 0 aliphatic rings. The Hall–Kier alpha value is -3.42. The summed E-state index contributed by atoms with van der Waals surface area (Å²) in [5, 5.41) is 10.6. The molecule has 2 heterocycles. The predicted molar refractivity (Wildman–Crippen MR) is 95.1 cm³/mol. The number of aryl methyl sites for hydroxylation is 1.